The van der Waals surface area contributed by atoms with Gasteiger partial charge < -0.3 is 9.73 Å². The first-order chi connectivity index (χ1) is 10.4. The van der Waals surface area contributed by atoms with Gasteiger partial charge in [-0.05, 0) is 30.5 Å². The van der Waals surface area contributed by atoms with Crippen LogP contribution in [0.2, 0.25) is 0 Å². The van der Waals surface area contributed by atoms with Gasteiger partial charge in [0.2, 0.25) is 5.89 Å². The van der Waals surface area contributed by atoms with Crippen LogP contribution in [0.3, 0.4) is 0 Å². The Kier molecular flexibility index (Phi) is 4.21. The third-order valence-electron chi connectivity index (χ3n) is 3.11. The minimum atomic E-state index is 0.454. The maximum atomic E-state index is 5.56. The van der Waals surface area contributed by atoms with E-state index in [9.17, 15) is 0 Å². The summed E-state index contributed by atoms with van der Waals surface area (Å²) in [6, 6.07) is 14.5. The summed E-state index contributed by atoms with van der Waals surface area (Å²) < 4.78 is 5.56. The number of hydrogen-bond donors (Lipinski definition) is 1. The van der Waals surface area contributed by atoms with E-state index in [1.54, 1.807) is 12.4 Å². The molecule has 0 aliphatic carbocycles. The molecule has 5 nitrogen and oxygen atoms in total. The fourth-order valence-corrected chi connectivity index (χ4v) is 2.04. The molecule has 1 aromatic carbocycles. The van der Waals surface area contributed by atoms with Crippen LogP contribution in [0.1, 0.15) is 12.0 Å². The average molecular weight is 280 g/mol. The van der Waals surface area contributed by atoms with Gasteiger partial charge >= 0.3 is 6.01 Å². The number of pyridine rings is 1. The molecule has 21 heavy (non-hydrogen) atoms. The number of aromatic nitrogens is 3. The highest BCUT2D eigenvalue weighted by Crippen LogP contribution is 2.18. The molecule has 3 rings (SSSR count). The van der Waals surface area contributed by atoms with Gasteiger partial charge in [-0.2, -0.15) is 0 Å². The van der Waals surface area contributed by atoms with E-state index in [2.05, 4.69) is 44.8 Å². The van der Waals surface area contributed by atoms with E-state index in [1.165, 1.54) is 5.56 Å². The zero-order valence-corrected chi connectivity index (χ0v) is 11.6. The van der Waals surface area contributed by atoms with E-state index in [0.717, 1.165) is 24.9 Å². The minimum absolute atomic E-state index is 0.454. The zero-order valence-electron chi connectivity index (χ0n) is 11.6. The second-order valence-corrected chi connectivity index (χ2v) is 4.66. The van der Waals surface area contributed by atoms with Crippen molar-refractivity contribution >= 4 is 6.01 Å². The van der Waals surface area contributed by atoms with Crippen LogP contribution in [0.15, 0.2) is 59.3 Å². The molecule has 0 saturated carbocycles. The van der Waals surface area contributed by atoms with Crippen LogP contribution in [-0.2, 0) is 6.42 Å². The maximum Gasteiger partial charge on any atom is 0.315 e. The second-order valence-electron chi connectivity index (χ2n) is 4.66. The number of benzene rings is 1. The van der Waals surface area contributed by atoms with Crippen LogP contribution in [-0.4, -0.2) is 21.7 Å². The molecule has 106 valence electrons. The summed E-state index contributed by atoms with van der Waals surface area (Å²) in [5.41, 5.74) is 2.21. The molecular formula is C16H16N4O. The lowest BCUT2D eigenvalue weighted by molar-refractivity contribution is 0.579. The summed E-state index contributed by atoms with van der Waals surface area (Å²) in [5.74, 6) is 0.503. The molecule has 3 aromatic rings. The summed E-state index contributed by atoms with van der Waals surface area (Å²) in [6.07, 6.45) is 5.44. The van der Waals surface area contributed by atoms with Crippen molar-refractivity contribution in [1.29, 1.82) is 0 Å². The predicted molar refractivity (Wildman–Crippen MR) is 80.8 cm³/mol. The molecule has 1 N–H and O–H groups in total. The Bertz CT molecular complexity index is 667. The molecule has 0 fully saturated rings. The van der Waals surface area contributed by atoms with Crippen molar-refractivity contribution in [2.24, 2.45) is 0 Å². The number of nitrogens with zero attached hydrogens (tertiary/aromatic N) is 3. The first kappa shape index (κ1) is 13.3. The lowest BCUT2D eigenvalue weighted by Gasteiger charge is -2.01. The molecule has 0 amide bonds. The molecule has 5 heteroatoms. The Morgan fingerprint density at radius 3 is 2.57 bits per heavy atom. The highest BCUT2D eigenvalue weighted by Gasteiger charge is 2.07. The van der Waals surface area contributed by atoms with Gasteiger partial charge in [0.15, 0.2) is 0 Å². The van der Waals surface area contributed by atoms with Crippen molar-refractivity contribution in [3.05, 3.63) is 60.4 Å². The van der Waals surface area contributed by atoms with E-state index >= 15 is 0 Å². The minimum Gasteiger partial charge on any atom is -0.403 e. The van der Waals surface area contributed by atoms with Gasteiger partial charge in [0.25, 0.3) is 0 Å². The number of aryl methyl sites for hydroxylation is 1. The van der Waals surface area contributed by atoms with Gasteiger partial charge in [0.05, 0.1) is 0 Å². The summed E-state index contributed by atoms with van der Waals surface area (Å²) in [6.45, 7) is 0.798. The van der Waals surface area contributed by atoms with E-state index in [1.807, 2.05) is 18.2 Å². The third-order valence-corrected chi connectivity index (χ3v) is 3.11. The molecule has 0 spiro atoms. The molecule has 0 aliphatic heterocycles. The topological polar surface area (TPSA) is 63.8 Å². The van der Waals surface area contributed by atoms with E-state index in [4.69, 9.17) is 4.42 Å². The number of anilines is 1. The van der Waals surface area contributed by atoms with Gasteiger partial charge in [-0.15, -0.1) is 5.10 Å². The molecule has 0 aliphatic rings. The number of rotatable bonds is 6. The van der Waals surface area contributed by atoms with E-state index in [0.29, 0.717) is 11.9 Å². The molecule has 0 saturated heterocycles. The second kappa shape index (κ2) is 6.65. The quantitative estimate of drug-likeness (QED) is 0.703. The third kappa shape index (κ3) is 3.66. The standard InChI is InChI=1S/C16H16N4O/c1-2-5-13(6-3-1)7-4-10-18-16-20-19-15(21-16)14-8-11-17-12-9-14/h1-3,5-6,8-9,11-12H,4,7,10H2,(H,18,20). The summed E-state index contributed by atoms with van der Waals surface area (Å²) in [5, 5.41) is 11.2. The SMILES string of the molecule is c1ccc(CCCNc2nnc(-c3ccncc3)o2)cc1. The molecule has 0 radical (unpaired) electrons. The van der Waals surface area contributed by atoms with Crippen LogP contribution in [0.4, 0.5) is 6.01 Å². The number of hydrogen-bond acceptors (Lipinski definition) is 5. The Morgan fingerprint density at radius 2 is 1.76 bits per heavy atom. The van der Waals surface area contributed by atoms with Gasteiger partial charge in [-0.25, -0.2) is 0 Å². The first-order valence-corrected chi connectivity index (χ1v) is 6.93. The highest BCUT2D eigenvalue weighted by molar-refractivity contribution is 5.51. The normalized spacial score (nSPS) is 10.5. The van der Waals surface area contributed by atoms with Crippen molar-refractivity contribution in [3.8, 4) is 11.5 Å². The lowest BCUT2D eigenvalue weighted by Crippen LogP contribution is -2.03. The maximum absolute atomic E-state index is 5.56. The van der Waals surface area contributed by atoms with Crippen molar-refractivity contribution in [3.63, 3.8) is 0 Å². The molecule has 0 atom stereocenters. The average Bonchev–Trinajstić information content (AvgIpc) is 3.02. The van der Waals surface area contributed by atoms with E-state index < -0.39 is 0 Å². The fourth-order valence-electron chi connectivity index (χ4n) is 2.04. The Morgan fingerprint density at radius 1 is 0.952 bits per heavy atom. The van der Waals surface area contributed by atoms with Crippen LogP contribution >= 0.6 is 0 Å². The molecule has 2 heterocycles. The van der Waals surface area contributed by atoms with Crippen LogP contribution in [0.5, 0.6) is 0 Å². The monoisotopic (exact) mass is 280 g/mol. The summed E-state index contributed by atoms with van der Waals surface area (Å²) in [7, 11) is 0. The number of nitrogens with one attached hydrogen (secondary N) is 1. The van der Waals surface area contributed by atoms with Crippen LogP contribution < -0.4 is 5.32 Å². The van der Waals surface area contributed by atoms with Gasteiger partial charge in [0, 0.05) is 24.5 Å². The van der Waals surface area contributed by atoms with Crippen molar-refractivity contribution in [2.75, 3.05) is 11.9 Å². The lowest BCUT2D eigenvalue weighted by atomic mass is 10.1. The highest BCUT2D eigenvalue weighted by atomic mass is 16.4. The van der Waals surface area contributed by atoms with Gasteiger partial charge in [-0.3, -0.25) is 4.98 Å². The molecule has 0 unspecified atom stereocenters. The first-order valence-electron chi connectivity index (χ1n) is 6.93. The van der Waals surface area contributed by atoms with Crippen molar-refractivity contribution in [1.82, 2.24) is 15.2 Å². The van der Waals surface area contributed by atoms with Crippen molar-refractivity contribution in [2.45, 2.75) is 12.8 Å². The van der Waals surface area contributed by atoms with Gasteiger partial charge in [-0.1, -0.05) is 35.4 Å². The smallest absolute Gasteiger partial charge is 0.315 e. The molecule has 2 aromatic heterocycles. The Balaban J connectivity index is 1.49. The van der Waals surface area contributed by atoms with Crippen molar-refractivity contribution < 1.29 is 4.42 Å². The van der Waals surface area contributed by atoms with E-state index in [-0.39, 0.29) is 0 Å². The van der Waals surface area contributed by atoms with Gasteiger partial charge in [0.1, 0.15) is 0 Å². The summed E-state index contributed by atoms with van der Waals surface area (Å²) >= 11 is 0. The largest absolute Gasteiger partial charge is 0.403 e. The zero-order chi connectivity index (χ0) is 14.3. The van der Waals surface area contributed by atoms with Crippen LogP contribution in [0, 0.1) is 0 Å². The molecular weight excluding hydrogens is 264 g/mol. The Labute approximate surface area is 123 Å². The predicted octanol–water partition coefficient (Wildman–Crippen LogP) is 3.18. The molecule has 0 bridgehead atoms. The summed E-state index contributed by atoms with van der Waals surface area (Å²) in [4.78, 5) is 3.96. The fraction of sp³-hybridized carbons (Fsp3) is 0.188. The Hall–Kier alpha value is -2.69. The van der Waals surface area contributed by atoms with Crippen LogP contribution in [0.25, 0.3) is 11.5 Å².